The van der Waals surface area contributed by atoms with Gasteiger partial charge in [-0.2, -0.15) is 0 Å². The Kier molecular flexibility index (Phi) is 23.7. The number of hydrogen-bond donors (Lipinski definition) is 2. The van der Waals surface area contributed by atoms with Crippen molar-refractivity contribution in [2.45, 2.75) is 98.6 Å². The first-order valence-electron chi connectivity index (χ1n) is 22.6. The number of ketones is 2. The first-order valence-corrected chi connectivity index (χ1v) is 22.6. The SMILES string of the molecule is CCCCc1cc(CN(Cc2cccc(C=O)n2)Cc2cccc(C(C)=O)n2)nc(CN(Cc2cccc(C=O)n2)Cc2cccc(C(C)=O)n2)c1.CO.NCCOCCOCCC1CC1. The number of hydrogen-bond acceptors (Lipinski definition) is 15. The molecule has 0 bridgehead atoms. The van der Waals surface area contributed by atoms with Crippen molar-refractivity contribution in [3.63, 3.8) is 0 Å². The van der Waals surface area contributed by atoms with Crippen molar-refractivity contribution in [1.29, 1.82) is 0 Å². The molecule has 5 aromatic heterocycles. The second kappa shape index (κ2) is 29.7. The standard InChI is InChI=1S/C41H43N7O4.C9H19NO2.CH4O/c1-4-5-10-31-19-38(25-47(21-32-11-6-15-36(27-49)42-32)23-34-13-8-17-40(45-34)29(2)51)44-39(20-31)26-48(22-33-12-7-16-37(28-50)43-33)24-35-14-9-18-41(46-35)30(3)52;10-4-6-12-8-7-11-5-3-9-1-2-9;1-2/h6-9,11-20,27-28H,4-5,10,21-26H2,1-3H3;9H,1-8,10H2;2H,1H3. The molecule has 15 nitrogen and oxygen atoms in total. The number of carbonyl (C=O) groups is 4. The van der Waals surface area contributed by atoms with Crippen LogP contribution < -0.4 is 5.73 Å². The predicted molar refractivity (Wildman–Crippen MR) is 253 cm³/mol. The van der Waals surface area contributed by atoms with E-state index in [1.54, 1.807) is 24.3 Å². The zero-order valence-corrected chi connectivity index (χ0v) is 38.9. The van der Waals surface area contributed by atoms with Crippen LogP contribution in [-0.4, -0.2) is 104 Å². The highest BCUT2D eigenvalue weighted by atomic mass is 16.5. The molecule has 66 heavy (non-hydrogen) atoms. The number of carbonyl (C=O) groups excluding carboxylic acids is 4. The molecule has 0 aliphatic heterocycles. The van der Waals surface area contributed by atoms with Crippen LogP contribution in [-0.2, 0) is 55.2 Å². The average Bonchev–Trinajstić information content (AvgIpc) is 4.16. The summed E-state index contributed by atoms with van der Waals surface area (Å²) in [6.07, 6.45) is 8.47. The molecule has 352 valence electrons. The Morgan fingerprint density at radius 1 is 0.621 bits per heavy atom. The number of aliphatic hydroxyl groups excluding tert-OH is 1. The van der Waals surface area contributed by atoms with E-state index in [2.05, 4.69) is 48.8 Å². The van der Waals surface area contributed by atoms with Gasteiger partial charge in [-0.05, 0) is 91.4 Å². The highest BCUT2D eigenvalue weighted by Gasteiger charge is 2.20. The summed E-state index contributed by atoms with van der Waals surface area (Å²) in [6.45, 7) is 11.3. The molecule has 15 heteroatoms. The third kappa shape index (κ3) is 19.7. The zero-order chi connectivity index (χ0) is 47.5. The fourth-order valence-corrected chi connectivity index (χ4v) is 7.01. The molecule has 1 aliphatic rings. The lowest BCUT2D eigenvalue weighted by Gasteiger charge is -2.24. The van der Waals surface area contributed by atoms with Gasteiger partial charge in [0, 0.05) is 73.4 Å². The van der Waals surface area contributed by atoms with Crippen molar-refractivity contribution in [2.75, 3.05) is 40.1 Å². The van der Waals surface area contributed by atoms with Gasteiger partial charge in [-0.15, -0.1) is 0 Å². The van der Waals surface area contributed by atoms with Gasteiger partial charge in [0.2, 0.25) is 0 Å². The molecule has 6 rings (SSSR count). The van der Waals surface area contributed by atoms with Crippen LogP contribution in [0.15, 0.2) is 84.9 Å². The van der Waals surface area contributed by atoms with E-state index in [-0.39, 0.29) is 11.6 Å². The Balaban J connectivity index is 0.000000585. The van der Waals surface area contributed by atoms with Crippen molar-refractivity contribution < 1.29 is 33.8 Å². The van der Waals surface area contributed by atoms with E-state index in [1.165, 1.54) is 33.1 Å². The van der Waals surface area contributed by atoms with Crippen molar-refractivity contribution in [3.8, 4) is 0 Å². The summed E-state index contributed by atoms with van der Waals surface area (Å²) in [5.74, 6) is 0.754. The van der Waals surface area contributed by atoms with E-state index < -0.39 is 0 Å². The number of Topliss-reactive ketones (excluding diaryl/α,β-unsaturated/α-hetero) is 2. The normalized spacial score (nSPS) is 11.9. The van der Waals surface area contributed by atoms with Gasteiger partial charge in [0.1, 0.15) is 22.8 Å². The number of rotatable bonds is 27. The lowest BCUT2D eigenvalue weighted by atomic mass is 10.1. The molecule has 0 unspecified atom stereocenters. The Morgan fingerprint density at radius 3 is 1.45 bits per heavy atom. The van der Waals surface area contributed by atoms with E-state index in [4.69, 9.17) is 25.3 Å². The maximum Gasteiger partial charge on any atom is 0.178 e. The van der Waals surface area contributed by atoms with Crippen LogP contribution >= 0.6 is 0 Å². The monoisotopic (exact) mass is 903 g/mol. The smallest absolute Gasteiger partial charge is 0.178 e. The summed E-state index contributed by atoms with van der Waals surface area (Å²) in [7, 11) is 1.00. The second-order valence-electron chi connectivity index (χ2n) is 16.1. The molecule has 0 radical (unpaired) electrons. The van der Waals surface area contributed by atoms with E-state index in [9.17, 15) is 19.2 Å². The summed E-state index contributed by atoms with van der Waals surface area (Å²) >= 11 is 0. The maximum atomic E-state index is 12.1. The summed E-state index contributed by atoms with van der Waals surface area (Å²) in [5, 5.41) is 7.00. The average molecular weight is 903 g/mol. The fraction of sp³-hybridized carbons (Fsp3) is 0.431. The maximum absolute atomic E-state index is 12.1. The minimum Gasteiger partial charge on any atom is -0.400 e. The van der Waals surface area contributed by atoms with Crippen molar-refractivity contribution in [3.05, 3.63) is 147 Å². The van der Waals surface area contributed by atoms with Crippen LogP contribution in [0.4, 0.5) is 0 Å². The van der Waals surface area contributed by atoms with Gasteiger partial charge >= 0.3 is 0 Å². The molecule has 1 aliphatic carbocycles. The number of aromatic nitrogens is 5. The third-order valence-electron chi connectivity index (χ3n) is 10.4. The van der Waals surface area contributed by atoms with Crippen molar-refractivity contribution in [1.82, 2.24) is 34.7 Å². The summed E-state index contributed by atoms with van der Waals surface area (Å²) in [6, 6.07) is 25.9. The molecule has 1 fully saturated rings. The Hall–Kier alpha value is -5.81. The number of aliphatic hydroxyl groups is 1. The first kappa shape index (κ1) is 52.8. The molecule has 0 spiro atoms. The Labute approximate surface area is 389 Å². The highest BCUT2D eigenvalue weighted by molar-refractivity contribution is 5.92. The van der Waals surface area contributed by atoms with Crippen LogP contribution in [0.25, 0.3) is 0 Å². The molecule has 0 aromatic carbocycles. The molecule has 0 atom stereocenters. The molecule has 3 N–H and O–H groups in total. The van der Waals surface area contributed by atoms with Gasteiger partial charge in [-0.1, -0.05) is 50.5 Å². The summed E-state index contributed by atoms with van der Waals surface area (Å²) < 4.78 is 10.5. The molecular formula is C51H66N8O7. The quantitative estimate of drug-likeness (QED) is 0.0315. The van der Waals surface area contributed by atoms with Gasteiger partial charge in [-0.25, -0.2) is 19.9 Å². The number of ether oxygens (including phenoxy) is 2. The van der Waals surface area contributed by atoms with Crippen LogP contribution in [0.5, 0.6) is 0 Å². The molecule has 5 aromatic rings. The zero-order valence-electron chi connectivity index (χ0n) is 38.9. The molecule has 0 saturated heterocycles. The highest BCUT2D eigenvalue weighted by Crippen LogP contribution is 2.32. The van der Waals surface area contributed by atoms with Crippen molar-refractivity contribution >= 4 is 24.1 Å². The van der Waals surface area contributed by atoms with Crippen LogP contribution in [0.2, 0.25) is 0 Å². The van der Waals surface area contributed by atoms with Crippen molar-refractivity contribution in [2.24, 2.45) is 11.7 Å². The lowest BCUT2D eigenvalue weighted by Crippen LogP contribution is -2.26. The molecule has 1 saturated carbocycles. The number of nitrogens with zero attached hydrogens (tertiary/aromatic N) is 7. The fourth-order valence-electron chi connectivity index (χ4n) is 7.01. The summed E-state index contributed by atoms with van der Waals surface area (Å²) in [4.78, 5) is 75.0. The van der Waals surface area contributed by atoms with Crippen LogP contribution in [0.1, 0.15) is 135 Å². The van der Waals surface area contributed by atoms with Gasteiger partial charge < -0.3 is 20.3 Å². The largest absolute Gasteiger partial charge is 0.400 e. The van der Waals surface area contributed by atoms with Gasteiger partial charge in [-0.3, -0.25) is 34.0 Å². The number of aldehydes is 2. The number of nitrogens with two attached hydrogens (primary N) is 1. The molecular weight excluding hydrogens is 837 g/mol. The van der Waals surface area contributed by atoms with Gasteiger partial charge in [0.05, 0.1) is 54.0 Å². The van der Waals surface area contributed by atoms with E-state index in [0.29, 0.717) is 88.4 Å². The van der Waals surface area contributed by atoms with E-state index >= 15 is 0 Å². The molecule has 5 heterocycles. The predicted octanol–water partition coefficient (Wildman–Crippen LogP) is 6.83. The second-order valence-corrected chi connectivity index (χ2v) is 16.1. The molecule has 0 amide bonds. The topological polar surface area (TPSA) is 204 Å². The number of unbranched alkanes of at least 4 members (excludes halogenated alkanes) is 1. The number of pyridine rings is 5. The Morgan fingerprint density at radius 2 is 1.05 bits per heavy atom. The van der Waals surface area contributed by atoms with Crippen LogP contribution in [0.3, 0.4) is 0 Å². The van der Waals surface area contributed by atoms with E-state index in [1.807, 2.05) is 48.5 Å². The minimum absolute atomic E-state index is 0.107. The lowest BCUT2D eigenvalue weighted by molar-refractivity contribution is 0.0485. The van der Waals surface area contributed by atoms with Gasteiger partial charge in [0.15, 0.2) is 24.1 Å². The van der Waals surface area contributed by atoms with Crippen LogP contribution in [0, 0.1) is 5.92 Å². The number of aryl methyl sites for hydroxylation is 1. The third-order valence-corrected chi connectivity index (χ3v) is 10.4. The first-order chi connectivity index (χ1) is 32.1. The summed E-state index contributed by atoms with van der Waals surface area (Å²) in [5.41, 5.74) is 12.6. The Bertz CT molecular complexity index is 2130. The van der Waals surface area contributed by atoms with Gasteiger partial charge in [0.25, 0.3) is 0 Å². The minimum atomic E-state index is -0.107. The van der Waals surface area contributed by atoms with E-state index in [0.717, 1.165) is 91.2 Å².